The summed E-state index contributed by atoms with van der Waals surface area (Å²) in [4.78, 5) is 33.0. The molecule has 0 aromatic heterocycles. The van der Waals surface area contributed by atoms with Gasteiger partial charge in [-0.15, -0.1) is 4.91 Å². The predicted molar refractivity (Wildman–Crippen MR) is 31.9 cm³/mol. The molecule has 0 fully saturated rings. The average molecular weight is 179 g/mol. The van der Waals surface area contributed by atoms with E-state index < -0.39 is 24.1 Å². The zero-order valence-electron chi connectivity index (χ0n) is 5.58. The van der Waals surface area contributed by atoms with Crippen LogP contribution in [-0.4, -0.2) is 39.5 Å². The summed E-state index contributed by atoms with van der Waals surface area (Å²) in [7, 11) is 0. The SMILES string of the molecule is O=NOC(C(=O)O)C(O)C(=O)O. The molecular weight excluding hydrogens is 174 g/mol. The number of carboxylic acids is 2. The summed E-state index contributed by atoms with van der Waals surface area (Å²) in [6.07, 6.45) is -4.50. The van der Waals surface area contributed by atoms with Gasteiger partial charge in [-0.25, -0.2) is 9.59 Å². The molecule has 0 aliphatic rings. The summed E-state index contributed by atoms with van der Waals surface area (Å²) in [5.41, 5.74) is 0. The Balaban J connectivity index is 4.38. The van der Waals surface area contributed by atoms with Gasteiger partial charge in [0.05, 0.1) is 0 Å². The Bertz CT molecular complexity index is 202. The number of nitrogens with zero attached hydrogens (tertiary/aromatic N) is 1. The highest BCUT2D eigenvalue weighted by atomic mass is 16.7. The van der Waals surface area contributed by atoms with Gasteiger partial charge in [-0.1, -0.05) is 0 Å². The maximum atomic E-state index is 10.1. The van der Waals surface area contributed by atoms with Crippen molar-refractivity contribution in [2.45, 2.75) is 12.2 Å². The van der Waals surface area contributed by atoms with Crippen LogP contribution in [0.15, 0.2) is 5.34 Å². The molecular formula is C4H5NO7. The van der Waals surface area contributed by atoms with E-state index in [9.17, 15) is 14.5 Å². The minimum atomic E-state index is -2.32. The Hall–Kier alpha value is -1.70. The fourth-order valence-electron chi connectivity index (χ4n) is 0.414. The minimum Gasteiger partial charge on any atom is -0.479 e. The van der Waals surface area contributed by atoms with Gasteiger partial charge in [-0.3, -0.25) is 0 Å². The van der Waals surface area contributed by atoms with Crippen molar-refractivity contribution in [2.24, 2.45) is 5.34 Å². The highest BCUT2D eigenvalue weighted by Crippen LogP contribution is 2.00. The lowest BCUT2D eigenvalue weighted by Gasteiger charge is -2.10. The molecule has 0 aliphatic heterocycles. The van der Waals surface area contributed by atoms with Gasteiger partial charge in [-0.05, 0) is 0 Å². The van der Waals surface area contributed by atoms with Crippen molar-refractivity contribution < 1.29 is 29.7 Å². The lowest BCUT2D eigenvalue weighted by molar-refractivity contribution is -0.171. The molecule has 0 amide bonds. The highest BCUT2D eigenvalue weighted by Gasteiger charge is 2.34. The van der Waals surface area contributed by atoms with E-state index in [1.54, 1.807) is 5.34 Å². The summed E-state index contributed by atoms with van der Waals surface area (Å²) in [6, 6.07) is 0. The van der Waals surface area contributed by atoms with Crippen LogP contribution in [0.5, 0.6) is 0 Å². The molecule has 0 aromatic rings. The second kappa shape index (κ2) is 4.23. The van der Waals surface area contributed by atoms with Crippen molar-refractivity contribution >= 4 is 11.9 Å². The maximum Gasteiger partial charge on any atom is 0.351 e. The van der Waals surface area contributed by atoms with Crippen molar-refractivity contribution in [1.82, 2.24) is 0 Å². The average Bonchev–Trinajstić information content (AvgIpc) is 1.98. The van der Waals surface area contributed by atoms with Crippen LogP contribution < -0.4 is 0 Å². The van der Waals surface area contributed by atoms with Gasteiger partial charge >= 0.3 is 11.9 Å². The molecule has 8 heteroatoms. The smallest absolute Gasteiger partial charge is 0.351 e. The molecule has 0 radical (unpaired) electrons. The Labute approximate surface area is 65.3 Å². The van der Waals surface area contributed by atoms with Crippen molar-refractivity contribution in [3.8, 4) is 0 Å². The summed E-state index contributed by atoms with van der Waals surface area (Å²) < 4.78 is 0. The van der Waals surface area contributed by atoms with Gasteiger partial charge < -0.3 is 20.2 Å². The van der Waals surface area contributed by atoms with Gasteiger partial charge in [0.2, 0.25) is 6.10 Å². The number of rotatable bonds is 5. The topological polar surface area (TPSA) is 133 Å². The second-order valence-electron chi connectivity index (χ2n) is 1.72. The number of aliphatic hydroxyl groups excluding tert-OH is 1. The normalized spacial score (nSPS) is 14.4. The maximum absolute atomic E-state index is 10.1. The standard InChI is InChI=1S/C4H5NO7/c6-1(3(7)8)2(4(9)10)12-5-11/h1-2,6H,(H,7,8)(H,9,10). The molecule has 0 saturated heterocycles. The van der Waals surface area contributed by atoms with Crippen LogP contribution in [0.25, 0.3) is 0 Å². The van der Waals surface area contributed by atoms with E-state index in [2.05, 4.69) is 4.84 Å². The molecule has 3 N–H and O–H groups in total. The van der Waals surface area contributed by atoms with E-state index in [4.69, 9.17) is 15.3 Å². The van der Waals surface area contributed by atoms with Crippen molar-refractivity contribution in [2.75, 3.05) is 0 Å². The lowest BCUT2D eigenvalue weighted by atomic mass is 10.2. The molecule has 0 saturated carbocycles. The van der Waals surface area contributed by atoms with Gasteiger partial charge in [0.25, 0.3) is 6.10 Å². The first-order chi connectivity index (χ1) is 5.50. The van der Waals surface area contributed by atoms with Crippen molar-refractivity contribution in [3.05, 3.63) is 4.91 Å². The Morgan fingerprint density at radius 1 is 1.25 bits per heavy atom. The van der Waals surface area contributed by atoms with E-state index in [-0.39, 0.29) is 0 Å². The minimum absolute atomic E-state index is 1.71. The largest absolute Gasteiger partial charge is 0.479 e. The zero-order chi connectivity index (χ0) is 9.72. The van der Waals surface area contributed by atoms with Crippen LogP contribution in [-0.2, 0) is 14.4 Å². The summed E-state index contributed by atoms with van der Waals surface area (Å²) >= 11 is 0. The molecule has 12 heavy (non-hydrogen) atoms. The van der Waals surface area contributed by atoms with E-state index in [0.29, 0.717) is 0 Å². The van der Waals surface area contributed by atoms with Crippen LogP contribution in [0, 0.1) is 4.91 Å². The van der Waals surface area contributed by atoms with E-state index in [1.165, 1.54) is 0 Å². The molecule has 8 nitrogen and oxygen atoms in total. The number of hydrogen-bond acceptors (Lipinski definition) is 6. The quantitative estimate of drug-likeness (QED) is 0.348. The zero-order valence-corrected chi connectivity index (χ0v) is 5.58. The molecule has 0 bridgehead atoms. The van der Waals surface area contributed by atoms with Gasteiger partial charge in [-0.2, -0.15) is 0 Å². The van der Waals surface area contributed by atoms with Crippen LogP contribution in [0.3, 0.4) is 0 Å². The summed E-state index contributed by atoms with van der Waals surface area (Å²) in [6.45, 7) is 0. The van der Waals surface area contributed by atoms with Crippen LogP contribution >= 0.6 is 0 Å². The first-order valence-corrected chi connectivity index (χ1v) is 2.63. The van der Waals surface area contributed by atoms with Gasteiger partial charge in [0.15, 0.2) is 5.34 Å². The number of hydrogen-bond donors (Lipinski definition) is 3. The molecule has 0 aliphatic carbocycles. The van der Waals surface area contributed by atoms with E-state index >= 15 is 0 Å². The van der Waals surface area contributed by atoms with Gasteiger partial charge in [0.1, 0.15) is 0 Å². The number of aliphatic hydroxyl groups is 1. The number of aliphatic carboxylic acids is 2. The Kier molecular flexibility index (Phi) is 3.63. The molecule has 68 valence electrons. The summed E-state index contributed by atoms with van der Waals surface area (Å²) in [5, 5.41) is 26.6. The van der Waals surface area contributed by atoms with Gasteiger partial charge in [0, 0.05) is 0 Å². The first kappa shape index (κ1) is 10.3. The van der Waals surface area contributed by atoms with Crippen LogP contribution in [0.1, 0.15) is 0 Å². The lowest BCUT2D eigenvalue weighted by Crippen LogP contribution is -2.40. The predicted octanol–water partition coefficient (Wildman–Crippen LogP) is -1.42. The van der Waals surface area contributed by atoms with Crippen molar-refractivity contribution in [3.63, 3.8) is 0 Å². The second-order valence-corrected chi connectivity index (χ2v) is 1.72. The number of carbonyl (C=O) groups is 2. The first-order valence-electron chi connectivity index (χ1n) is 2.63. The number of carboxylic acid groups (broad SMARTS) is 2. The van der Waals surface area contributed by atoms with Crippen LogP contribution in [0.4, 0.5) is 0 Å². The van der Waals surface area contributed by atoms with Crippen molar-refractivity contribution in [1.29, 1.82) is 0 Å². The fourth-order valence-corrected chi connectivity index (χ4v) is 0.414. The fraction of sp³-hybridized carbons (Fsp3) is 0.500. The molecule has 0 aromatic carbocycles. The molecule has 0 rings (SSSR count). The molecule has 0 heterocycles. The monoisotopic (exact) mass is 179 g/mol. The molecule has 2 unspecified atom stereocenters. The third-order valence-electron chi connectivity index (χ3n) is 0.940. The Morgan fingerprint density at radius 3 is 2.00 bits per heavy atom. The van der Waals surface area contributed by atoms with E-state index in [1.807, 2.05) is 0 Å². The molecule has 2 atom stereocenters. The summed E-state index contributed by atoms with van der Waals surface area (Å²) in [5.74, 6) is -3.60. The van der Waals surface area contributed by atoms with E-state index in [0.717, 1.165) is 0 Å². The Morgan fingerprint density at radius 2 is 1.75 bits per heavy atom. The van der Waals surface area contributed by atoms with Crippen LogP contribution in [0.2, 0.25) is 0 Å². The highest BCUT2D eigenvalue weighted by molar-refractivity contribution is 5.83. The molecule has 0 spiro atoms. The third kappa shape index (κ3) is 2.50. The third-order valence-corrected chi connectivity index (χ3v) is 0.940.